The Balaban J connectivity index is 1.42. The molecule has 4 nitrogen and oxygen atoms in total. The average Bonchev–Trinajstić information content (AvgIpc) is 3.42. The van der Waals surface area contributed by atoms with Crippen LogP contribution < -0.4 is 4.74 Å². The first-order valence-electron chi connectivity index (χ1n) is 12.4. The lowest BCUT2D eigenvalue weighted by Gasteiger charge is -2.18. The van der Waals surface area contributed by atoms with Gasteiger partial charge in [0, 0.05) is 18.0 Å². The van der Waals surface area contributed by atoms with E-state index in [0.717, 1.165) is 59.1 Å². The second-order valence-corrected chi connectivity index (χ2v) is 9.31. The Morgan fingerprint density at radius 3 is 2.61 bits per heavy atom. The zero-order valence-electron chi connectivity index (χ0n) is 20.5. The van der Waals surface area contributed by atoms with Gasteiger partial charge in [-0.15, -0.1) is 0 Å². The molecule has 0 bridgehead atoms. The van der Waals surface area contributed by atoms with E-state index in [1.165, 1.54) is 22.3 Å². The van der Waals surface area contributed by atoms with Crippen molar-refractivity contribution in [1.29, 1.82) is 5.26 Å². The average molecular weight is 473 g/mol. The highest BCUT2D eigenvalue weighted by Crippen LogP contribution is 2.36. The number of aromatic nitrogens is 1. The Kier molecular flexibility index (Phi) is 6.91. The van der Waals surface area contributed by atoms with E-state index >= 15 is 0 Å². The minimum absolute atomic E-state index is 0.479. The summed E-state index contributed by atoms with van der Waals surface area (Å²) in [5.41, 5.74) is 10.4. The number of ether oxygens (including phenoxy) is 1. The van der Waals surface area contributed by atoms with Gasteiger partial charge in [-0.3, -0.25) is 9.78 Å². The molecule has 36 heavy (non-hydrogen) atoms. The van der Waals surface area contributed by atoms with Crippen molar-refractivity contribution in [3.8, 4) is 22.9 Å². The van der Waals surface area contributed by atoms with Crippen LogP contribution in [0.15, 0.2) is 73.1 Å². The number of aryl methyl sites for hydroxylation is 2. The molecular weight excluding hydrogens is 444 g/mol. The van der Waals surface area contributed by atoms with Crippen LogP contribution in [0, 0.1) is 18.3 Å². The molecule has 178 valence electrons. The molecule has 0 N–H and O–H groups in total. The normalized spacial score (nSPS) is 12.1. The van der Waals surface area contributed by atoms with Crippen LogP contribution in [0.4, 0.5) is 0 Å². The van der Waals surface area contributed by atoms with Crippen molar-refractivity contribution >= 4 is 6.29 Å². The zero-order valence-corrected chi connectivity index (χ0v) is 20.5. The van der Waals surface area contributed by atoms with Crippen LogP contribution in [0.1, 0.15) is 55.7 Å². The quantitative estimate of drug-likeness (QED) is 0.271. The van der Waals surface area contributed by atoms with E-state index in [0.29, 0.717) is 25.0 Å². The summed E-state index contributed by atoms with van der Waals surface area (Å²) in [5.74, 6) is 0.886. The fraction of sp³-hybridized carbons (Fsp3) is 0.219. The summed E-state index contributed by atoms with van der Waals surface area (Å²) < 4.78 is 6.46. The molecule has 0 atom stereocenters. The summed E-state index contributed by atoms with van der Waals surface area (Å²) in [4.78, 5) is 16.3. The number of carbonyl (C=O) groups excluding carboxylic acids is 1. The summed E-state index contributed by atoms with van der Waals surface area (Å²) in [6.45, 7) is 2.63. The minimum Gasteiger partial charge on any atom is -0.489 e. The van der Waals surface area contributed by atoms with Gasteiger partial charge in [-0.2, -0.15) is 5.26 Å². The fourth-order valence-electron chi connectivity index (χ4n) is 5.20. The predicted octanol–water partition coefficient (Wildman–Crippen LogP) is 6.59. The maximum Gasteiger partial charge on any atom is 0.150 e. The molecule has 4 heteroatoms. The Bertz CT molecular complexity index is 1450. The summed E-state index contributed by atoms with van der Waals surface area (Å²) in [6.07, 6.45) is 8.62. The summed E-state index contributed by atoms with van der Waals surface area (Å²) >= 11 is 0. The molecule has 1 aromatic heterocycles. The van der Waals surface area contributed by atoms with Crippen LogP contribution in [-0.4, -0.2) is 11.3 Å². The lowest BCUT2D eigenvalue weighted by Crippen LogP contribution is -2.06. The second-order valence-electron chi connectivity index (χ2n) is 9.31. The van der Waals surface area contributed by atoms with Gasteiger partial charge in [0.15, 0.2) is 6.29 Å². The minimum atomic E-state index is 0.479. The molecule has 0 unspecified atom stereocenters. The summed E-state index contributed by atoms with van der Waals surface area (Å²) in [7, 11) is 0. The molecule has 0 saturated heterocycles. The van der Waals surface area contributed by atoms with Gasteiger partial charge in [0.05, 0.1) is 5.56 Å². The van der Waals surface area contributed by atoms with Crippen molar-refractivity contribution in [2.24, 2.45) is 0 Å². The van der Waals surface area contributed by atoms with Gasteiger partial charge in [-0.25, -0.2) is 0 Å². The molecular formula is C32H28N2O2. The highest BCUT2D eigenvalue weighted by molar-refractivity contribution is 5.82. The van der Waals surface area contributed by atoms with Gasteiger partial charge >= 0.3 is 0 Å². The summed E-state index contributed by atoms with van der Waals surface area (Å²) in [5, 5.41) is 9.17. The van der Waals surface area contributed by atoms with E-state index in [4.69, 9.17) is 4.74 Å². The van der Waals surface area contributed by atoms with Crippen LogP contribution in [0.2, 0.25) is 0 Å². The smallest absolute Gasteiger partial charge is 0.150 e. The first-order chi connectivity index (χ1) is 17.7. The number of hydrogen-bond donors (Lipinski definition) is 0. The number of hydrogen-bond acceptors (Lipinski definition) is 4. The van der Waals surface area contributed by atoms with Gasteiger partial charge in [0.25, 0.3) is 0 Å². The number of aldehydes is 1. The maximum atomic E-state index is 12.1. The molecule has 1 aliphatic carbocycles. The SMILES string of the molecule is Cc1c(COc2cc(CCc3cncc(C#N)c3)c(C=O)c3c2CCC3)cccc1-c1ccccc1. The maximum absolute atomic E-state index is 12.1. The summed E-state index contributed by atoms with van der Waals surface area (Å²) in [6, 6.07) is 22.8. The molecule has 5 rings (SSSR count). The number of benzene rings is 3. The van der Waals surface area contributed by atoms with Gasteiger partial charge in [0.2, 0.25) is 0 Å². The van der Waals surface area contributed by atoms with Crippen LogP contribution >= 0.6 is 0 Å². The van der Waals surface area contributed by atoms with E-state index < -0.39 is 0 Å². The van der Waals surface area contributed by atoms with Gasteiger partial charge < -0.3 is 4.74 Å². The third-order valence-corrected chi connectivity index (χ3v) is 7.13. The Morgan fingerprint density at radius 1 is 0.972 bits per heavy atom. The number of nitrogens with zero attached hydrogens (tertiary/aromatic N) is 2. The van der Waals surface area contributed by atoms with Crippen molar-refractivity contribution in [1.82, 2.24) is 4.98 Å². The third kappa shape index (κ3) is 4.78. The number of fused-ring (bicyclic) bond motifs is 1. The molecule has 0 saturated carbocycles. The Labute approximate surface area is 212 Å². The van der Waals surface area contributed by atoms with Crippen LogP contribution in [0.5, 0.6) is 5.75 Å². The molecule has 1 heterocycles. The zero-order chi connectivity index (χ0) is 24.9. The van der Waals surface area contributed by atoms with Crippen LogP contribution in [0.25, 0.3) is 11.1 Å². The number of nitriles is 1. The Morgan fingerprint density at radius 2 is 1.81 bits per heavy atom. The van der Waals surface area contributed by atoms with Gasteiger partial charge in [0.1, 0.15) is 18.4 Å². The van der Waals surface area contributed by atoms with E-state index in [1.54, 1.807) is 12.4 Å². The topological polar surface area (TPSA) is 63.0 Å². The van der Waals surface area contributed by atoms with Crippen molar-refractivity contribution in [2.45, 2.75) is 45.6 Å². The molecule has 1 aliphatic rings. The first-order valence-corrected chi connectivity index (χ1v) is 12.4. The van der Waals surface area contributed by atoms with E-state index in [1.807, 2.05) is 12.1 Å². The highest BCUT2D eigenvalue weighted by atomic mass is 16.5. The molecule has 3 aromatic carbocycles. The number of rotatable bonds is 8. The van der Waals surface area contributed by atoms with Crippen molar-refractivity contribution in [3.05, 3.63) is 118 Å². The largest absolute Gasteiger partial charge is 0.489 e. The second kappa shape index (κ2) is 10.6. The lowest BCUT2D eigenvalue weighted by atomic mass is 9.93. The number of carbonyl (C=O) groups is 1. The van der Waals surface area contributed by atoms with Gasteiger partial charge in [-0.05, 0) is 95.7 Å². The molecule has 4 aromatic rings. The van der Waals surface area contributed by atoms with E-state index in [2.05, 4.69) is 66.5 Å². The highest BCUT2D eigenvalue weighted by Gasteiger charge is 2.23. The molecule has 0 aliphatic heterocycles. The molecule has 0 spiro atoms. The van der Waals surface area contributed by atoms with Crippen molar-refractivity contribution in [2.75, 3.05) is 0 Å². The fourth-order valence-corrected chi connectivity index (χ4v) is 5.20. The third-order valence-electron chi connectivity index (χ3n) is 7.13. The lowest BCUT2D eigenvalue weighted by molar-refractivity contribution is 0.112. The van der Waals surface area contributed by atoms with Crippen molar-refractivity contribution in [3.63, 3.8) is 0 Å². The standard InChI is InChI=1S/C32H28N2O2/c1-22-27(9-5-10-28(22)25-7-3-2-4-8-25)21-36-32-16-26(31(20-35)29-11-6-12-30(29)32)14-13-23-15-24(17-33)19-34-18-23/h2-5,7-10,15-16,18-20H,6,11-14,21H2,1H3. The molecule has 0 fully saturated rings. The first kappa shape index (κ1) is 23.5. The van der Waals surface area contributed by atoms with Crippen LogP contribution in [-0.2, 0) is 32.3 Å². The Hall–Kier alpha value is -4.23. The molecule has 0 radical (unpaired) electrons. The van der Waals surface area contributed by atoms with Crippen molar-refractivity contribution < 1.29 is 9.53 Å². The monoisotopic (exact) mass is 472 g/mol. The van der Waals surface area contributed by atoms with Crippen LogP contribution in [0.3, 0.4) is 0 Å². The molecule has 0 amide bonds. The van der Waals surface area contributed by atoms with Gasteiger partial charge in [-0.1, -0.05) is 48.5 Å². The van der Waals surface area contributed by atoms with E-state index in [-0.39, 0.29) is 0 Å². The van der Waals surface area contributed by atoms with E-state index in [9.17, 15) is 10.1 Å². The predicted molar refractivity (Wildman–Crippen MR) is 141 cm³/mol. The number of pyridine rings is 1.